The lowest BCUT2D eigenvalue weighted by Gasteiger charge is -2.19. The molecular formula is C29H28N3O3+. The lowest BCUT2D eigenvalue weighted by Crippen LogP contribution is -2.40. The van der Waals surface area contributed by atoms with E-state index in [2.05, 4.69) is 50.8 Å². The van der Waals surface area contributed by atoms with Crippen LogP contribution in [0.25, 0.3) is 22.7 Å². The van der Waals surface area contributed by atoms with Crippen LogP contribution < -0.4 is 19.1 Å². The van der Waals surface area contributed by atoms with Crippen molar-refractivity contribution in [1.29, 1.82) is 0 Å². The lowest BCUT2D eigenvalue weighted by molar-refractivity contribution is -0.553. The Morgan fingerprint density at radius 2 is 1.74 bits per heavy atom. The van der Waals surface area contributed by atoms with E-state index in [0.717, 1.165) is 45.3 Å². The molecule has 0 spiro atoms. The molecule has 6 heteroatoms. The van der Waals surface area contributed by atoms with Gasteiger partial charge in [-0.05, 0) is 42.3 Å². The molecule has 0 fully saturated rings. The van der Waals surface area contributed by atoms with Crippen molar-refractivity contribution >= 4 is 34.5 Å². The smallest absolute Gasteiger partial charge is 0.303 e. The van der Waals surface area contributed by atoms with Crippen LogP contribution in [0.2, 0.25) is 0 Å². The van der Waals surface area contributed by atoms with Gasteiger partial charge in [0, 0.05) is 31.0 Å². The normalized spacial score (nSPS) is 13.7. The van der Waals surface area contributed by atoms with Gasteiger partial charge in [-0.3, -0.25) is 9.69 Å². The molecule has 4 aromatic rings. The summed E-state index contributed by atoms with van der Waals surface area (Å²) >= 11 is 0. The Morgan fingerprint density at radius 3 is 2.51 bits per heavy atom. The number of aromatic nitrogens is 1. The number of rotatable bonds is 7. The number of carboxylic acids is 1. The molecule has 0 saturated heterocycles. The minimum absolute atomic E-state index is 0.136. The van der Waals surface area contributed by atoms with Crippen molar-refractivity contribution in [2.24, 2.45) is 0 Å². The number of nitrogens with zero attached hydrogens (tertiary/aromatic N) is 3. The second-order valence-electron chi connectivity index (χ2n) is 8.68. The quantitative estimate of drug-likeness (QED) is 0.377. The average molecular weight is 467 g/mol. The molecule has 176 valence electrons. The summed E-state index contributed by atoms with van der Waals surface area (Å²) in [7, 11) is 4.02. The van der Waals surface area contributed by atoms with Crippen molar-refractivity contribution in [1.82, 2.24) is 0 Å². The third kappa shape index (κ3) is 4.43. The largest absolute Gasteiger partial charge is 0.481 e. The predicted molar refractivity (Wildman–Crippen MR) is 139 cm³/mol. The van der Waals surface area contributed by atoms with Gasteiger partial charge in [-0.15, -0.1) is 0 Å². The minimum atomic E-state index is -0.778. The standard InChI is InChI=1S/C29H27N3O3/c1-30(18-10-17-29(33)34)27-19-21(20-28-31(2)25-15-8-9-16-26(25)35-28)23-13-6-7-14-24(23)32(27)22-11-4-3-5-12-22/h3-9,11-16,19-20H,10,17-18H2,1-2H3/p+1. The van der Waals surface area contributed by atoms with Crippen LogP contribution in [-0.4, -0.2) is 31.7 Å². The van der Waals surface area contributed by atoms with Gasteiger partial charge in [0.05, 0.1) is 19.3 Å². The number of pyridine rings is 1. The van der Waals surface area contributed by atoms with E-state index in [9.17, 15) is 4.79 Å². The molecule has 0 saturated carbocycles. The van der Waals surface area contributed by atoms with Gasteiger partial charge in [0.2, 0.25) is 5.88 Å². The van der Waals surface area contributed by atoms with Crippen LogP contribution in [0.5, 0.6) is 5.75 Å². The van der Waals surface area contributed by atoms with Gasteiger partial charge in [-0.1, -0.05) is 48.5 Å². The monoisotopic (exact) mass is 466 g/mol. The highest BCUT2D eigenvalue weighted by atomic mass is 16.5. The van der Waals surface area contributed by atoms with E-state index in [4.69, 9.17) is 9.84 Å². The molecule has 0 atom stereocenters. The Balaban J connectivity index is 1.66. The second kappa shape index (κ2) is 9.50. The zero-order valence-electron chi connectivity index (χ0n) is 19.9. The van der Waals surface area contributed by atoms with E-state index in [1.54, 1.807) is 0 Å². The van der Waals surface area contributed by atoms with Crippen LogP contribution in [-0.2, 0) is 4.79 Å². The molecule has 0 aliphatic carbocycles. The first-order valence-electron chi connectivity index (χ1n) is 11.7. The molecule has 2 heterocycles. The maximum atomic E-state index is 11.1. The maximum absolute atomic E-state index is 11.1. The van der Waals surface area contributed by atoms with E-state index < -0.39 is 5.97 Å². The Morgan fingerprint density at radius 1 is 1.03 bits per heavy atom. The van der Waals surface area contributed by atoms with Crippen molar-refractivity contribution in [3.63, 3.8) is 0 Å². The summed E-state index contributed by atoms with van der Waals surface area (Å²) < 4.78 is 8.41. The molecule has 3 aromatic carbocycles. The van der Waals surface area contributed by atoms with E-state index in [1.165, 1.54) is 0 Å². The summed E-state index contributed by atoms with van der Waals surface area (Å²) in [6.07, 6.45) is 2.77. The van der Waals surface area contributed by atoms with Gasteiger partial charge in [0.15, 0.2) is 5.75 Å². The maximum Gasteiger partial charge on any atom is 0.303 e. The van der Waals surface area contributed by atoms with Gasteiger partial charge in [0.25, 0.3) is 5.82 Å². The van der Waals surface area contributed by atoms with Gasteiger partial charge in [0.1, 0.15) is 11.2 Å². The van der Waals surface area contributed by atoms with Gasteiger partial charge in [-0.2, -0.15) is 4.57 Å². The van der Waals surface area contributed by atoms with Crippen molar-refractivity contribution < 1.29 is 19.2 Å². The minimum Gasteiger partial charge on any atom is -0.481 e. The number of anilines is 2. The number of benzene rings is 3. The Hall–Kier alpha value is -4.32. The molecule has 5 rings (SSSR count). The van der Waals surface area contributed by atoms with Crippen LogP contribution in [0.4, 0.5) is 11.5 Å². The van der Waals surface area contributed by atoms with E-state index in [0.29, 0.717) is 13.0 Å². The Bertz CT molecular complexity index is 1420. The number of carbonyl (C=O) groups is 1. The van der Waals surface area contributed by atoms with Crippen molar-refractivity contribution in [3.05, 3.63) is 96.4 Å². The van der Waals surface area contributed by atoms with Crippen molar-refractivity contribution in [2.45, 2.75) is 12.8 Å². The molecular weight excluding hydrogens is 438 g/mol. The molecule has 1 aliphatic rings. The van der Waals surface area contributed by atoms with Crippen LogP contribution in [0.15, 0.2) is 90.8 Å². The van der Waals surface area contributed by atoms with Crippen molar-refractivity contribution in [3.8, 4) is 11.4 Å². The SMILES string of the molecule is CN(CCCC(=O)O)c1cc(/C=C2/Oc3ccccc3N2C)c2ccccc2[n+]1-c1ccccc1. The zero-order chi connectivity index (χ0) is 24.4. The fourth-order valence-electron chi connectivity index (χ4n) is 4.53. The molecule has 0 radical (unpaired) electrons. The molecule has 0 unspecified atom stereocenters. The first-order chi connectivity index (χ1) is 17.0. The Kier molecular flexibility index (Phi) is 6.10. The van der Waals surface area contributed by atoms with Crippen molar-refractivity contribution in [2.75, 3.05) is 30.4 Å². The second-order valence-corrected chi connectivity index (χ2v) is 8.68. The van der Waals surface area contributed by atoms with Gasteiger partial charge < -0.3 is 14.7 Å². The molecule has 0 bridgehead atoms. The molecule has 1 aromatic heterocycles. The van der Waals surface area contributed by atoms with Crippen LogP contribution in [0, 0.1) is 0 Å². The van der Waals surface area contributed by atoms with Crippen LogP contribution in [0.3, 0.4) is 0 Å². The zero-order valence-corrected chi connectivity index (χ0v) is 19.9. The molecule has 0 amide bonds. The number of aliphatic carboxylic acids is 1. The fourth-order valence-corrected chi connectivity index (χ4v) is 4.53. The van der Waals surface area contributed by atoms with E-state index in [1.807, 2.05) is 68.7 Å². The summed E-state index contributed by atoms with van der Waals surface area (Å²) in [6, 6.07) is 28.7. The summed E-state index contributed by atoms with van der Waals surface area (Å²) in [5.74, 6) is 1.80. The molecule has 6 nitrogen and oxygen atoms in total. The molecule has 35 heavy (non-hydrogen) atoms. The van der Waals surface area contributed by atoms with E-state index in [-0.39, 0.29) is 6.42 Å². The highest BCUT2D eigenvalue weighted by molar-refractivity contribution is 5.88. The van der Waals surface area contributed by atoms with Gasteiger partial charge >= 0.3 is 5.97 Å². The average Bonchev–Trinajstić information content (AvgIpc) is 3.19. The van der Waals surface area contributed by atoms with Gasteiger partial charge in [-0.25, -0.2) is 0 Å². The highest BCUT2D eigenvalue weighted by Crippen LogP contribution is 2.38. The number of fused-ring (bicyclic) bond motifs is 2. The van der Waals surface area contributed by atoms with Crippen LogP contribution >= 0.6 is 0 Å². The summed E-state index contributed by atoms with van der Waals surface area (Å²) in [5.41, 5.74) is 4.17. The first kappa shape index (κ1) is 22.5. The number of carboxylic acid groups (broad SMARTS) is 1. The summed E-state index contributed by atoms with van der Waals surface area (Å²) in [4.78, 5) is 15.3. The number of para-hydroxylation sites is 4. The number of hydrogen-bond acceptors (Lipinski definition) is 4. The fraction of sp³-hybridized carbons (Fsp3) is 0.172. The molecule has 1 N–H and O–H groups in total. The predicted octanol–water partition coefficient (Wildman–Crippen LogP) is 5.24. The third-order valence-electron chi connectivity index (χ3n) is 6.31. The van der Waals surface area contributed by atoms with E-state index >= 15 is 0 Å². The summed E-state index contributed by atoms with van der Waals surface area (Å²) in [5, 5.41) is 10.2. The summed E-state index contributed by atoms with van der Waals surface area (Å²) in [6.45, 7) is 0.620. The van der Waals surface area contributed by atoms with Crippen LogP contribution in [0.1, 0.15) is 18.4 Å². The highest BCUT2D eigenvalue weighted by Gasteiger charge is 2.26. The number of hydrogen-bond donors (Lipinski definition) is 1. The number of ether oxygens (including phenoxy) is 1. The lowest BCUT2D eigenvalue weighted by atomic mass is 10.1. The first-order valence-corrected chi connectivity index (χ1v) is 11.7. The topological polar surface area (TPSA) is 56.9 Å². The molecule has 1 aliphatic heterocycles. The third-order valence-corrected chi connectivity index (χ3v) is 6.31. The Labute approximate surface area is 204 Å².